The molecule has 1 fully saturated rings. The van der Waals surface area contributed by atoms with Crippen molar-refractivity contribution < 1.29 is 0 Å². The number of thioether (sulfide) groups is 1. The van der Waals surface area contributed by atoms with Crippen molar-refractivity contribution in [3.05, 3.63) is 11.9 Å². The summed E-state index contributed by atoms with van der Waals surface area (Å²) in [6.07, 6.45) is 9.03. The van der Waals surface area contributed by atoms with E-state index in [1.54, 1.807) is 6.33 Å². The van der Waals surface area contributed by atoms with Crippen molar-refractivity contribution in [2.45, 2.75) is 55.7 Å². The molecule has 0 bridgehead atoms. The van der Waals surface area contributed by atoms with Crippen molar-refractivity contribution in [1.82, 2.24) is 9.97 Å². The van der Waals surface area contributed by atoms with Gasteiger partial charge in [-0.3, -0.25) is 0 Å². The summed E-state index contributed by atoms with van der Waals surface area (Å²) in [5.74, 6) is 0.664. The highest BCUT2D eigenvalue weighted by Crippen LogP contribution is 2.36. The third kappa shape index (κ3) is 2.67. The molecule has 16 heavy (non-hydrogen) atoms. The van der Waals surface area contributed by atoms with E-state index in [9.17, 15) is 0 Å². The van der Waals surface area contributed by atoms with Crippen LogP contribution in [0.3, 0.4) is 0 Å². The molecular formula is C12H19N3S. The van der Waals surface area contributed by atoms with Crippen LogP contribution in [0.1, 0.15) is 44.6 Å². The lowest BCUT2D eigenvalue weighted by molar-refractivity contribution is 0.850. The van der Waals surface area contributed by atoms with Crippen LogP contribution in [0.25, 0.3) is 0 Å². The molecule has 88 valence electrons. The summed E-state index contributed by atoms with van der Waals surface area (Å²) in [6.45, 7) is 2.16. The topological polar surface area (TPSA) is 51.8 Å². The Kier molecular flexibility index (Phi) is 4.04. The Bertz CT molecular complexity index is 348. The lowest BCUT2D eigenvalue weighted by Crippen LogP contribution is -2.04. The molecule has 1 aromatic rings. The van der Waals surface area contributed by atoms with Crippen molar-refractivity contribution in [2.24, 2.45) is 0 Å². The van der Waals surface area contributed by atoms with E-state index in [1.807, 2.05) is 11.8 Å². The van der Waals surface area contributed by atoms with Crippen LogP contribution in [-0.2, 0) is 6.42 Å². The van der Waals surface area contributed by atoms with E-state index in [0.717, 1.165) is 28.7 Å². The number of rotatable bonds is 4. The Labute approximate surface area is 101 Å². The van der Waals surface area contributed by atoms with Gasteiger partial charge in [-0.2, -0.15) is 0 Å². The van der Waals surface area contributed by atoms with Gasteiger partial charge < -0.3 is 5.73 Å². The zero-order valence-electron chi connectivity index (χ0n) is 9.78. The fraction of sp³-hybridized carbons (Fsp3) is 0.667. The van der Waals surface area contributed by atoms with Crippen molar-refractivity contribution >= 4 is 17.6 Å². The van der Waals surface area contributed by atoms with Crippen LogP contribution in [0, 0.1) is 0 Å². The molecule has 1 aromatic heterocycles. The smallest absolute Gasteiger partial charge is 0.131 e. The Hall–Kier alpha value is -0.770. The molecule has 0 amide bonds. The molecule has 0 saturated heterocycles. The Balaban J connectivity index is 2.14. The zero-order chi connectivity index (χ0) is 11.4. The van der Waals surface area contributed by atoms with Gasteiger partial charge in [0.1, 0.15) is 17.2 Å². The molecule has 2 N–H and O–H groups in total. The summed E-state index contributed by atoms with van der Waals surface area (Å²) in [7, 11) is 0. The highest BCUT2D eigenvalue weighted by atomic mass is 32.2. The molecule has 1 heterocycles. The van der Waals surface area contributed by atoms with E-state index in [0.29, 0.717) is 5.82 Å². The summed E-state index contributed by atoms with van der Waals surface area (Å²) in [6, 6.07) is 0. The highest BCUT2D eigenvalue weighted by molar-refractivity contribution is 7.99. The van der Waals surface area contributed by atoms with Crippen LogP contribution in [0.15, 0.2) is 11.4 Å². The van der Waals surface area contributed by atoms with Gasteiger partial charge in [0.2, 0.25) is 0 Å². The number of aromatic nitrogens is 2. The van der Waals surface area contributed by atoms with E-state index < -0.39 is 0 Å². The Morgan fingerprint density at radius 1 is 1.38 bits per heavy atom. The van der Waals surface area contributed by atoms with Crippen molar-refractivity contribution in [3.8, 4) is 0 Å². The second-order valence-corrected chi connectivity index (χ2v) is 5.61. The van der Waals surface area contributed by atoms with E-state index in [1.165, 1.54) is 25.7 Å². The van der Waals surface area contributed by atoms with Gasteiger partial charge >= 0.3 is 0 Å². The van der Waals surface area contributed by atoms with Gasteiger partial charge in [0, 0.05) is 10.8 Å². The second kappa shape index (κ2) is 5.53. The van der Waals surface area contributed by atoms with E-state index in [4.69, 9.17) is 5.73 Å². The third-order valence-corrected chi connectivity index (χ3v) is 4.40. The second-order valence-electron chi connectivity index (χ2n) is 4.32. The van der Waals surface area contributed by atoms with Crippen LogP contribution in [0.2, 0.25) is 0 Å². The first-order chi connectivity index (χ1) is 7.81. The average Bonchev–Trinajstić information content (AvgIpc) is 2.76. The predicted octanol–water partition coefficient (Wildman–Crippen LogP) is 3.05. The predicted molar refractivity (Wildman–Crippen MR) is 68.6 cm³/mol. The van der Waals surface area contributed by atoms with E-state index in [2.05, 4.69) is 16.9 Å². The molecule has 4 heteroatoms. The number of nitrogen functional groups attached to an aromatic ring is 1. The Morgan fingerprint density at radius 2 is 2.12 bits per heavy atom. The fourth-order valence-corrected chi connectivity index (χ4v) is 3.50. The summed E-state index contributed by atoms with van der Waals surface area (Å²) in [5, 5.41) is 1.85. The minimum atomic E-state index is 0.664. The quantitative estimate of drug-likeness (QED) is 0.818. The maximum absolute atomic E-state index is 5.92. The zero-order valence-corrected chi connectivity index (χ0v) is 10.6. The molecule has 0 aromatic carbocycles. The first-order valence-electron chi connectivity index (χ1n) is 6.07. The molecule has 2 rings (SSSR count). The minimum absolute atomic E-state index is 0.664. The third-order valence-electron chi connectivity index (χ3n) is 3.02. The van der Waals surface area contributed by atoms with Crippen molar-refractivity contribution in [3.63, 3.8) is 0 Å². The van der Waals surface area contributed by atoms with Crippen LogP contribution < -0.4 is 5.73 Å². The van der Waals surface area contributed by atoms with Gasteiger partial charge in [0.25, 0.3) is 0 Å². The number of hydrogen-bond donors (Lipinski definition) is 1. The van der Waals surface area contributed by atoms with E-state index >= 15 is 0 Å². The lowest BCUT2D eigenvalue weighted by Gasteiger charge is -2.12. The van der Waals surface area contributed by atoms with Gasteiger partial charge in [-0.15, -0.1) is 11.8 Å². The molecule has 0 spiro atoms. The standard InChI is InChI=1S/C12H19N3S/c1-2-5-10-11(13)14-8-15-12(10)16-9-6-3-4-7-9/h8-9H,2-7H2,1H3,(H2,13,14,15). The molecular weight excluding hydrogens is 218 g/mol. The van der Waals surface area contributed by atoms with Gasteiger partial charge in [0.15, 0.2) is 0 Å². The van der Waals surface area contributed by atoms with Crippen molar-refractivity contribution in [2.75, 3.05) is 5.73 Å². The summed E-state index contributed by atoms with van der Waals surface area (Å²) < 4.78 is 0. The molecule has 1 aliphatic carbocycles. The fourth-order valence-electron chi connectivity index (χ4n) is 2.16. The summed E-state index contributed by atoms with van der Waals surface area (Å²) in [4.78, 5) is 8.48. The average molecular weight is 237 g/mol. The van der Waals surface area contributed by atoms with Crippen molar-refractivity contribution in [1.29, 1.82) is 0 Å². The molecule has 0 aliphatic heterocycles. The van der Waals surface area contributed by atoms with Crippen LogP contribution in [-0.4, -0.2) is 15.2 Å². The van der Waals surface area contributed by atoms with Gasteiger partial charge in [-0.05, 0) is 19.3 Å². The minimum Gasteiger partial charge on any atom is -0.383 e. The van der Waals surface area contributed by atoms with Crippen LogP contribution >= 0.6 is 11.8 Å². The van der Waals surface area contributed by atoms with Gasteiger partial charge in [-0.25, -0.2) is 9.97 Å². The maximum atomic E-state index is 5.92. The van der Waals surface area contributed by atoms with Gasteiger partial charge in [0.05, 0.1) is 0 Å². The monoisotopic (exact) mass is 237 g/mol. The first-order valence-corrected chi connectivity index (χ1v) is 6.95. The largest absolute Gasteiger partial charge is 0.383 e. The van der Waals surface area contributed by atoms with Gasteiger partial charge in [-0.1, -0.05) is 26.2 Å². The summed E-state index contributed by atoms with van der Waals surface area (Å²) >= 11 is 1.90. The first kappa shape index (κ1) is 11.7. The van der Waals surface area contributed by atoms with Crippen LogP contribution in [0.4, 0.5) is 5.82 Å². The number of hydrogen-bond acceptors (Lipinski definition) is 4. The molecule has 3 nitrogen and oxygen atoms in total. The lowest BCUT2D eigenvalue weighted by atomic mass is 10.2. The molecule has 1 saturated carbocycles. The van der Waals surface area contributed by atoms with Crippen LogP contribution in [0.5, 0.6) is 0 Å². The highest BCUT2D eigenvalue weighted by Gasteiger charge is 2.19. The molecule has 0 unspecified atom stereocenters. The normalized spacial score (nSPS) is 16.8. The van der Waals surface area contributed by atoms with E-state index in [-0.39, 0.29) is 0 Å². The summed E-state index contributed by atoms with van der Waals surface area (Å²) in [5.41, 5.74) is 7.07. The molecule has 0 atom stereocenters. The Morgan fingerprint density at radius 3 is 2.81 bits per heavy atom. The number of nitrogens with two attached hydrogens (primary N) is 1. The SMILES string of the molecule is CCCc1c(N)ncnc1SC1CCCC1. The number of anilines is 1. The maximum Gasteiger partial charge on any atom is 0.131 e. The number of nitrogens with zero attached hydrogens (tertiary/aromatic N) is 2. The molecule has 0 radical (unpaired) electrons. The molecule has 1 aliphatic rings.